The van der Waals surface area contributed by atoms with Crippen LogP contribution in [-0.4, -0.2) is 54.1 Å². The maximum absolute atomic E-state index is 13.1. The maximum Gasteiger partial charge on any atom is 0.226 e. The van der Waals surface area contributed by atoms with Gasteiger partial charge in [-0.3, -0.25) is 4.79 Å². The normalized spacial score (nSPS) is 16.1. The van der Waals surface area contributed by atoms with Crippen molar-refractivity contribution in [1.82, 2.24) is 14.9 Å². The molecule has 8 heteroatoms. The molecule has 1 fully saturated rings. The second kappa shape index (κ2) is 10.9. The summed E-state index contributed by atoms with van der Waals surface area (Å²) in [6.45, 7) is 3.42. The molecule has 0 aliphatic carbocycles. The number of thiophene rings is 1. The van der Waals surface area contributed by atoms with Crippen LogP contribution in [0.25, 0.3) is 22.2 Å². The summed E-state index contributed by atoms with van der Waals surface area (Å²) in [6.07, 6.45) is 2.52. The number of hydrogen-bond donors (Lipinski definition) is 2. The smallest absolute Gasteiger partial charge is 0.226 e. The van der Waals surface area contributed by atoms with Crippen LogP contribution in [0.2, 0.25) is 0 Å². The molecule has 2 aromatic carbocycles. The van der Waals surface area contributed by atoms with E-state index < -0.39 is 0 Å². The molecule has 7 nitrogen and oxygen atoms in total. The van der Waals surface area contributed by atoms with Crippen molar-refractivity contribution < 1.29 is 14.3 Å². The fraction of sp³-hybridized carbons (Fsp3) is 0.379. The quantitative estimate of drug-likeness (QED) is 0.334. The lowest BCUT2D eigenvalue weighted by molar-refractivity contribution is -0.136. The van der Waals surface area contributed by atoms with Crippen LogP contribution in [0.1, 0.15) is 36.4 Å². The molecule has 1 amide bonds. The van der Waals surface area contributed by atoms with Gasteiger partial charge in [0.05, 0.1) is 31.2 Å². The Morgan fingerprint density at radius 3 is 2.54 bits per heavy atom. The summed E-state index contributed by atoms with van der Waals surface area (Å²) in [5, 5.41) is 2.05. The van der Waals surface area contributed by atoms with E-state index in [1.165, 1.54) is 4.88 Å². The van der Waals surface area contributed by atoms with Gasteiger partial charge in [0.1, 0.15) is 5.82 Å². The molecule has 0 bridgehead atoms. The van der Waals surface area contributed by atoms with E-state index in [0.717, 1.165) is 60.3 Å². The van der Waals surface area contributed by atoms with Crippen LogP contribution in [0, 0.1) is 5.92 Å². The number of nitrogens with two attached hydrogens (primary N) is 1. The number of H-pyrrole nitrogens is 1. The molecule has 1 aliphatic heterocycles. The summed E-state index contributed by atoms with van der Waals surface area (Å²) in [6, 6.07) is 16.1. The zero-order valence-electron chi connectivity index (χ0n) is 21.6. The number of carbonyl (C=O) groups is 1. The lowest BCUT2D eigenvalue weighted by atomic mass is 9.93. The number of benzene rings is 2. The van der Waals surface area contributed by atoms with Crippen LogP contribution >= 0.6 is 11.3 Å². The molecule has 37 heavy (non-hydrogen) atoms. The van der Waals surface area contributed by atoms with E-state index in [4.69, 9.17) is 20.2 Å². The highest BCUT2D eigenvalue weighted by molar-refractivity contribution is 7.09. The first kappa shape index (κ1) is 25.3. The predicted octanol–water partition coefficient (Wildman–Crippen LogP) is 5.22. The second-order valence-electron chi connectivity index (χ2n) is 9.76. The van der Waals surface area contributed by atoms with Gasteiger partial charge in [-0.2, -0.15) is 0 Å². The summed E-state index contributed by atoms with van der Waals surface area (Å²) in [7, 11) is 3.28. The molecule has 0 radical (unpaired) electrons. The lowest BCUT2D eigenvalue weighted by Crippen LogP contribution is -2.46. The van der Waals surface area contributed by atoms with Gasteiger partial charge in [0, 0.05) is 29.9 Å². The zero-order chi connectivity index (χ0) is 25.9. The van der Waals surface area contributed by atoms with Gasteiger partial charge in [0.2, 0.25) is 5.91 Å². The van der Waals surface area contributed by atoms with Gasteiger partial charge in [-0.15, -0.1) is 11.3 Å². The van der Waals surface area contributed by atoms with Crippen molar-refractivity contribution in [3.05, 3.63) is 64.6 Å². The minimum atomic E-state index is -0.195. The third kappa shape index (κ3) is 5.36. The lowest BCUT2D eigenvalue weighted by Gasteiger charge is -2.34. The molecule has 194 valence electrons. The van der Waals surface area contributed by atoms with E-state index in [0.29, 0.717) is 17.4 Å². The SMILES string of the molecule is COc1ccc(-c2ccc3nc(C4CCN(C(=O)C(C)C(N)Cc5cccs5)CC4)[nH]c3c2)cc1OC. The minimum Gasteiger partial charge on any atom is -0.493 e. The van der Waals surface area contributed by atoms with Crippen LogP contribution in [0.3, 0.4) is 0 Å². The Bertz CT molecular complexity index is 1360. The van der Waals surface area contributed by atoms with Gasteiger partial charge in [-0.1, -0.05) is 25.1 Å². The van der Waals surface area contributed by atoms with Crippen molar-refractivity contribution in [2.24, 2.45) is 11.7 Å². The molecule has 4 aromatic rings. The van der Waals surface area contributed by atoms with Crippen LogP contribution in [0.5, 0.6) is 11.5 Å². The monoisotopic (exact) mass is 518 g/mol. The van der Waals surface area contributed by atoms with Crippen molar-refractivity contribution in [3.8, 4) is 22.6 Å². The van der Waals surface area contributed by atoms with Gasteiger partial charge in [0.15, 0.2) is 11.5 Å². The Hall–Kier alpha value is -3.36. The molecule has 2 atom stereocenters. The first-order chi connectivity index (χ1) is 18.0. The van der Waals surface area contributed by atoms with Gasteiger partial charge in [-0.05, 0) is 66.1 Å². The second-order valence-corrected chi connectivity index (χ2v) is 10.8. The highest BCUT2D eigenvalue weighted by Gasteiger charge is 2.30. The third-order valence-electron chi connectivity index (χ3n) is 7.46. The fourth-order valence-corrected chi connectivity index (χ4v) is 5.88. The van der Waals surface area contributed by atoms with Crippen molar-refractivity contribution in [2.75, 3.05) is 27.3 Å². The average Bonchev–Trinajstić information content (AvgIpc) is 3.61. The highest BCUT2D eigenvalue weighted by Crippen LogP contribution is 2.34. The third-order valence-corrected chi connectivity index (χ3v) is 8.36. The number of methoxy groups -OCH3 is 2. The molecule has 3 N–H and O–H groups in total. The molecule has 1 aliphatic rings. The van der Waals surface area contributed by atoms with E-state index in [1.807, 2.05) is 36.1 Å². The number of rotatable bonds is 8. The van der Waals surface area contributed by atoms with Crippen molar-refractivity contribution in [1.29, 1.82) is 0 Å². The number of fused-ring (bicyclic) bond motifs is 1. The Labute approximate surface area is 221 Å². The molecule has 2 unspecified atom stereocenters. The van der Waals surface area contributed by atoms with E-state index in [2.05, 4.69) is 34.6 Å². The summed E-state index contributed by atoms with van der Waals surface area (Å²) in [4.78, 5) is 24.8. The number of carbonyl (C=O) groups excluding carboxylic acids is 1. The molecule has 3 heterocycles. The van der Waals surface area contributed by atoms with Crippen LogP contribution in [0.4, 0.5) is 0 Å². The molecule has 5 rings (SSSR count). The fourth-order valence-electron chi connectivity index (χ4n) is 5.10. The van der Waals surface area contributed by atoms with Gasteiger partial charge >= 0.3 is 0 Å². The van der Waals surface area contributed by atoms with Crippen molar-refractivity contribution in [3.63, 3.8) is 0 Å². The Morgan fingerprint density at radius 1 is 1.11 bits per heavy atom. The van der Waals surface area contributed by atoms with E-state index in [1.54, 1.807) is 25.6 Å². The van der Waals surface area contributed by atoms with Crippen molar-refractivity contribution >= 4 is 28.3 Å². The molecule has 1 saturated heterocycles. The van der Waals surface area contributed by atoms with E-state index in [-0.39, 0.29) is 17.9 Å². The van der Waals surface area contributed by atoms with Gasteiger partial charge in [0.25, 0.3) is 0 Å². The number of aromatic nitrogens is 2. The number of ether oxygens (including phenoxy) is 2. The summed E-state index contributed by atoms with van der Waals surface area (Å²) < 4.78 is 10.8. The first-order valence-electron chi connectivity index (χ1n) is 12.8. The Kier molecular flexibility index (Phi) is 7.48. The standard InChI is InChI=1S/C29H34N4O3S/c1-18(23(30)17-22-5-4-14-37-22)29(34)33-12-10-19(11-13-33)28-31-24-8-6-20(15-25(24)32-28)21-7-9-26(35-2)27(16-21)36-3/h4-9,14-16,18-19,23H,10-13,17,30H2,1-3H3,(H,31,32). The number of nitrogens with zero attached hydrogens (tertiary/aromatic N) is 2. The number of hydrogen-bond acceptors (Lipinski definition) is 6. The summed E-state index contributed by atoms with van der Waals surface area (Å²) in [5.74, 6) is 2.67. The van der Waals surface area contributed by atoms with E-state index >= 15 is 0 Å². The zero-order valence-corrected chi connectivity index (χ0v) is 22.4. The maximum atomic E-state index is 13.1. The van der Waals surface area contributed by atoms with Crippen molar-refractivity contribution in [2.45, 2.75) is 38.1 Å². The molecule has 2 aromatic heterocycles. The summed E-state index contributed by atoms with van der Waals surface area (Å²) >= 11 is 1.69. The molecule has 0 saturated carbocycles. The molecular weight excluding hydrogens is 484 g/mol. The number of aromatic amines is 1. The van der Waals surface area contributed by atoms with Gasteiger partial charge < -0.3 is 25.1 Å². The van der Waals surface area contributed by atoms with Crippen LogP contribution in [0.15, 0.2) is 53.9 Å². The minimum absolute atomic E-state index is 0.159. The average molecular weight is 519 g/mol. The topological polar surface area (TPSA) is 93.5 Å². The van der Waals surface area contributed by atoms with Crippen LogP contribution < -0.4 is 15.2 Å². The van der Waals surface area contributed by atoms with E-state index in [9.17, 15) is 4.79 Å². The Morgan fingerprint density at radius 2 is 1.84 bits per heavy atom. The number of nitrogens with one attached hydrogen (secondary N) is 1. The molecule has 0 spiro atoms. The number of imidazole rings is 1. The Balaban J connectivity index is 1.24. The molecular formula is C29H34N4O3S. The number of likely N-dealkylation sites (tertiary alicyclic amines) is 1. The van der Waals surface area contributed by atoms with Crippen LogP contribution in [-0.2, 0) is 11.2 Å². The summed E-state index contributed by atoms with van der Waals surface area (Å²) in [5.41, 5.74) is 10.5. The number of piperidine rings is 1. The first-order valence-corrected chi connectivity index (χ1v) is 13.6. The van der Waals surface area contributed by atoms with Gasteiger partial charge in [-0.25, -0.2) is 4.98 Å². The largest absolute Gasteiger partial charge is 0.493 e. The highest BCUT2D eigenvalue weighted by atomic mass is 32.1. The number of amides is 1. The predicted molar refractivity (Wildman–Crippen MR) is 148 cm³/mol.